The summed E-state index contributed by atoms with van der Waals surface area (Å²) in [5.41, 5.74) is 9.73. The Morgan fingerprint density at radius 2 is 1.58 bits per heavy atom. The molecule has 8 heteroatoms. The summed E-state index contributed by atoms with van der Waals surface area (Å²) < 4.78 is 32.1. The van der Waals surface area contributed by atoms with Gasteiger partial charge >= 0.3 is 6.09 Å². The highest BCUT2D eigenvalue weighted by Gasteiger charge is 2.29. The van der Waals surface area contributed by atoms with Crippen molar-refractivity contribution in [3.63, 3.8) is 0 Å². The zero-order valence-corrected chi connectivity index (χ0v) is 17.7. The summed E-state index contributed by atoms with van der Waals surface area (Å²) in [5.74, 6) is -2.40. The van der Waals surface area contributed by atoms with Crippen molar-refractivity contribution >= 4 is 11.8 Å². The van der Waals surface area contributed by atoms with E-state index in [-0.39, 0.29) is 36.7 Å². The second kappa shape index (κ2) is 9.56. The zero-order valence-electron chi connectivity index (χ0n) is 17.7. The maximum atomic E-state index is 13.4. The molecular weight excluding hydrogens is 430 g/mol. The minimum absolute atomic E-state index is 0.00151. The number of carbonyl (C=O) groups excluding carboxylic acids is 1. The molecule has 0 radical (unpaired) electrons. The molecule has 2 unspecified atom stereocenters. The number of halogens is 2. The SMILES string of the molecule is Nc1cc(F)c(F)cc1C(O)C(O)CCNC(=O)OCC1c2ccccc2-c2ccccc21. The van der Waals surface area contributed by atoms with Crippen molar-refractivity contribution < 1.29 is 28.5 Å². The quantitative estimate of drug-likeness (QED) is 0.406. The van der Waals surface area contributed by atoms with Gasteiger partial charge in [0.25, 0.3) is 0 Å². The Morgan fingerprint density at radius 1 is 1.00 bits per heavy atom. The Hall–Kier alpha value is -3.49. The van der Waals surface area contributed by atoms with Crippen molar-refractivity contribution in [2.75, 3.05) is 18.9 Å². The molecule has 0 heterocycles. The molecule has 6 nitrogen and oxygen atoms in total. The van der Waals surface area contributed by atoms with Crippen LogP contribution in [0, 0.1) is 11.6 Å². The number of nitrogens with one attached hydrogen (secondary N) is 1. The summed E-state index contributed by atoms with van der Waals surface area (Å²) >= 11 is 0. The molecule has 1 amide bonds. The normalized spacial score (nSPS) is 14.3. The van der Waals surface area contributed by atoms with E-state index in [0.29, 0.717) is 0 Å². The molecule has 172 valence electrons. The predicted molar refractivity (Wildman–Crippen MR) is 119 cm³/mol. The third-order valence-electron chi connectivity index (χ3n) is 5.86. The highest BCUT2D eigenvalue weighted by atomic mass is 19.2. The number of nitrogen functional groups attached to an aromatic ring is 1. The van der Waals surface area contributed by atoms with E-state index in [9.17, 15) is 23.8 Å². The van der Waals surface area contributed by atoms with Crippen LogP contribution in [-0.4, -0.2) is 35.6 Å². The van der Waals surface area contributed by atoms with Gasteiger partial charge < -0.3 is 26.0 Å². The molecule has 0 aliphatic heterocycles. The number of aliphatic hydroxyl groups is 2. The number of aliphatic hydroxyl groups excluding tert-OH is 2. The van der Waals surface area contributed by atoms with Crippen LogP contribution in [0.4, 0.5) is 19.3 Å². The first-order valence-corrected chi connectivity index (χ1v) is 10.6. The summed E-state index contributed by atoms with van der Waals surface area (Å²) in [5, 5.41) is 22.9. The Morgan fingerprint density at radius 3 is 2.21 bits per heavy atom. The highest BCUT2D eigenvalue weighted by Crippen LogP contribution is 2.44. The van der Waals surface area contributed by atoms with Gasteiger partial charge in [-0.05, 0) is 34.7 Å². The van der Waals surface area contributed by atoms with E-state index in [1.165, 1.54) is 0 Å². The van der Waals surface area contributed by atoms with Crippen LogP contribution >= 0.6 is 0 Å². The van der Waals surface area contributed by atoms with Crippen molar-refractivity contribution in [3.05, 3.63) is 89.0 Å². The molecule has 0 saturated heterocycles. The average molecular weight is 454 g/mol. The lowest BCUT2D eigenvalue weighted by Gasteiger charge is -2.20. The lowest BCUT2D eigenvalue weighted by molar-refractivity contribution is 0.0139. The van der Waals surface area contributed by atoms with E-state index >= 15 is 0 Å². The van der Waals surface area contributed by atoms with Crippen LogP contribution in [0.2, 0.25) is 0 Å². The fourth-order valence-electron chi connectivity index (χ4n) is 4.17. The van der Waals surface area contributed by atoms with Gasteiger partial charge in [-0.1, -0.05) is 48.5 Å². The van der Waals surface area contributed by atoms with Gasteiger partial charge in [-0.3, -0.25) is 0 Å². The van der Waals surface area contributed by atoms with Crippen LogP contribution < -0.4 is 11.1 Å². The molecule has 1 aliphatic carbocycles. The van der Waals surface area contributed by atoms with Gasteiger partial charge in [0, 0.05) is 29.8 Å². The fourth-order valence-corrected chi connectivity index (χ4v) is 4.17. The standard InChI is InChI=1S/C25H24F2N2O4/c26-20-11-18(22(28)12-21(20)27)24(31)23(30)9-10-29-25(32)33-13-19-16-7-3-1-5-14(16)15-6-2-4-8-17(15)19/h1-8,11-12,19,23-24,30-31H,9-10,13,28H2,(H,29,32). The third-order valence-corrected chi connectivity index (χ3v) is 5.86. The van der Waals surface area contributed by atoms with Crippen LogP contribution in [0.25, 0.3) is 11.1 Å². The third kappa shape index (κ3) is 4.67. The summed E-state index contributed by atoms with van der Waals surface area (Å²) in [6.45, 7) is 0.148. The molecule has 0 bridgehead atoms. The molecule has 3 aromatic rings. The maximum absolute atomic E-state index is 13.4. The number of carbonyl (C=O) groups is 1. The minimum atomic E-state index is -1.54. The van der Waals surface area contributed by atoms with Gasteiger partial charge in [-0.25, -0.2) is 13.6 Å². The van der Waals surface area contributed by atoms with E-state index < -0.39 is 29.9 Å². The number of benzene rings is 3. The van der Waals surface area contributed by atoms with E-state index in [0.717, 1.165) is 34.4 Å². The topological polar surface area (TPSA) is 105 Å². The first kappa shape index (κ1) is 22.7. The van der Waals surface area contributed by atoms with E-state index in [4.69, 9.17) is 10.5 Å². The molecule has 5 N–H and O–H groups in total. The molecule has 0 aromatic heterocycles. The second-order valence-electron chi connectivity index (χ2n) is 7.95. The minimum Gasteiger partial charge on any atom is -0.449 e. The molecular formula is C25H24F2N2O4. The molecule has 0 spiro atoms. The summed E-state index contributed by atoms with van der Waals surface area (Å²) in [6.07, 6.45) is -3.61. The number of amides is 1. The second-order valence-corrected chi connectivity index (χ2v) is 7.95. The van der Waals surface area contributed by atoms with Gasteiger partial charge in [0.05, 0.1) is 6.10 Å². The number of hydrogen-bond acceptors (Lipinski definition) is 5. The van der Waals surface area contributed by atoms with Crippen molar-refractivity contribution in [3.8, 4) is 11.1 Å². The number of fused-ring (bicyclic) bond motifs is 3. The highest BCUT2D eigenvalue weighted by molar-refractivity contribution is 5.79. The molecule has 2 atom stereocenters. The Labute approximate surface area is 189 Å². The Balaban J connectivity index is 1.30. The summed E-state index contributed by atoms with van der Waals surface area (Å²) in [4.78, 5) is 12.2. The van der Waals surface area contributed by atoms with Crippen molar-refractivity contribution in [2.45, 2.75) is 24.5 Å². The number of alkyl carbamates (subject to hydrolysis) is 1. The van der Waals surface area contributed by atoms with E-state index in [2.05, 4.69) is 5.32 Å². The monoisotopic (exact) mass is 454 g/mol. The van der Waals surface area contributed by atoms with Gasteiger partial charge in [0.15, 0.2) is 11.6 Å². The molecule has 33 heavy (non-hydrogen) atoms. The largest absolute Gasteiger partial charge is 0.449 e. The molecule has 0 saturated carbocycles. The predicted octanol–water partition coefficient (Wildman–Crippen LogP) is 3.87. The van der Waals surface area contributed by atoms with Crippen LogP contribution in [0.3, 0.4) is 0 Å². The first-order chi connectivity index (χ1) is 15.9. The van der Waals surface area contributed by atoms with Crippen molar-refractivity contribution in [2.24, 2.45) is 0 Å². The number of nitrogens with two attached hydrogens (primary N) is 1. The first-order valence-electron chi connectivity index (χ1n) is 10.6. The maximum Gasteiger partial charge on any atom is 0.407 e. The lowest BCUT2D eigenvalue weighted by Crippen LogP contribution is -2.31. The van der Waals surface area contributed by atoms with Crippen molar-refractivity contribution in [1.82, 2.24) is 5.32 Å². The van der Waals surface area contributed by atoms with Gasteiger partial charge in [-0.2, -0.15) is 0 Å². The van der Waals surface area contributed by atoms with Gasteiger partial charge in [-0.15, -0.1) is 0 Å². The number of hydrogen-bond donors (Lipinski definition) is 4. The molecule has 3 aromatic carbocycles. The van der Waals surface area contributed by atoms with Crippen LogP contribution in [0.15, 0.2) is 60.7 Å². The molecule has 0 fully saturated rings. The zero-order chi connectivity index (χ0) is 23.5. The number of ether oxygens (including phenoxy) is 1. The van der Waals surface area contributed by atoms with Gasteiger partial charge in [0.2, 0.25) is 0 Å². The fraction of sp³-hybridized carbons (Fsp3) is 0.240. The average Bonchev–Trinajstić information content (AvgIpc) is 3.13. The smallest absolute Gasteiger partial charge is 0.407 e. The lowest BCUT2D eigenvalue weighted by atomic mass is 9.98. The Bertz CT molecular complexity index is 1130. The van der Waals surface area contributed by atoms with Crippen molar-refractivity contribution in [1.29, 1.82) is 0 Å². The summed E-state index contributed by atoms with van der Waals surface area (Å²) in [7, 11) is 0. The molecule has 4 rings (SSSR count). The summed E-state index contributed by atoms with van der Waals surface area (Å²) in [6, 6.07) is 17.5. The number of anilines is 1. The molecule has 1 aliphatic rings. The van der Waals surface area contributed by atoms with E-state index in [1.807, 2.05) is 48.5 Å². The van der Waals surface area contributed by atoms with Crippen LogP contribution in [0.5, 0.6) is 0 Å². The Kier molecular flexibility index (Phi) is 6.57. The van der Waals surface area contributed by atoms with Crippen LogP contribution in [0.1, 0.15) is 35.1 Å². The van der Waals surface area contributed by atoms with E-state index in [1.54, 1.807) is 0 Å². The van der Waals surface area contributed by atoms with Crippen LogP contribution in [-0.2, 0) is 4.74 Å². The number of rotatable bonds is 7. The van der Waals surface area contributed by atoms with Gasteiger partial charge in [0.1, 0.15) is 12.7 Å².